The summed E-state index contributed by atoms with van der Waals surface area (Å²) in [4.78, 5) is 2.39. The number of rotatable bonds is 5. The normalized spacial score (nSPS) is 11.7. The Morgan fingerprint density at radius 1 is 0.367 bits per heavy atom. The number of nitrogens with zero attached hydrogens (tertiary/aromatic N) is 3. The molecule has 0 amide bonds. The van der Waals surface area contributed by atoms with Crippen LogP contribution in [0.3, 0.4) is 0 Å². The van der Waals surface area contributed by atoms with Crippen molar-refractivity contribution in [1.82, 2.24) is 9.13 Å². The molecule has 0 radical (unpaired) electrons. The Bertz CT molecular complexity index is 2820. The molecular weight excluding hydrogens is 595 g/mol. The van der Waals surface area contributed by atoms with E-state index >= 15 is 0 Å². The lowest BCUT2D eigenvalue weighted by Crippen LogP contribution is -2.10. The van der Waals surface area contributed by atoms with Gasteiger partial charge in [-0.1, -0.05) is 115 Å². The van der Waals surface area contributed by atoms with Crippen LogP contribution in [-0.4, -0.2) is 9.13 Å². The molecule has 0 spiro atoms. The molecule has 10 rings (SSSR count). The van der Waals surface area contributed by atoms with E-state index in [1.54, 1.807) is 0 Å². The molecule has 0 atom stereocenters. The number of hydrogen-bond acceptors (Lipinski definition) is 1. The smallest absolute Gasteiger partial charge is 0.0788 e. The van der Waals surface area contributed by atoms with Crippen LogP contribution in [0.1, 0.15) is 0 Å². The number of benzene rings is 8. The van der Waals surface area contributed by atoms with Crippen molar-refractivity contribution in [2.45, 2.75) is 0 Å². The van der Waals surface area contributed by atoms with Gasteiger partial charge >= 0.3 is 0 Å². The van der Waals surface area contributed by atoms with Crippen molar-refractivity contribution in [1.29, 1.82) is 0 Å². The maximum absolute atomic E-state index is 2.42. The highest BCUT2D eigenvalue weighted by atomic mass is 15.1. The molecule has 0 fully saturated rings. The van der Waals surface area contributed by atoms with Gasteiger partial charge in [0.1, 0.15) is 0 Å². The second-order valence-corrected chi connectivity index (χ2v) is 12.7. The zero-order valence-electron chi connectivity index (χ0n) is 26.7. The molecule has 2 aromatic heterocycles. The van der Waals surface area contributed by atoms with Crippen LogP contribution in [0.15, 0.2) is 188 Å². The lowest BCUT2D eigenvalue weighted by atomic mass is 10.0. The van der Waals surface area contributed by atoms with Crippen LogP contribution in [0.2, 0.25) is 0 Å². The summed E-state index contributed by atoms with van der Waals surface area (Å²) in [5.74, 6) is 0. The molecule has 0 aliphatic rings. The Morgan fingerprint density at radius 2 is 1.04 bits per heavy atom. The van der Waals surface area contributed by atoms with Gasteiger partial charge in [0.15, 0.2) is 0 Å². The minimum absolute atomic E-state index is 1.11. The topological polar surface area (TPSA) is 13.1 Å². The average molecular weight is 626 g/mol. The second kappa shape index (κ2) is 11.0. The first-order valence-corrected chi connectivity index (χ1v) is 16.8. The third kappa shape index (κ3) is 4.37. The second-order valence-electron chi connectivity index (χ2n) is 12.7. The molecule has 10 aromatic rings. The highest BCUT2D eigenvalue weighted by molar-refractivity contribution is 6.18. The Labute approximate surface area is 284 Å². The van der Waals surface area contributed by atoms with Gasteiger partial charge in [0.25, 0.3) is 0 Å². The quantitative estimate of drug-likeness (QED) is 0.185. The standard InChI is InChI=1S/C46H31N3/c1-2-15-37(16-3-1)49-44-19-9-8-18-41(44)42-28-22-34-29-30-47(45(34)46(42)49)36-24-26-38(27-25-36)48(39-23-21-32-11-4-5-13-35(32)31-39)43-20-10-14-33-12-6-7-17-40(33)43/h1-31H. The first kappa shape index (κ1) is 27.5. The Balaban J connectivity index is 1.17. The molecule has 0 bridgehead atoms. The summed E-state index contributed by atoms with van der Waals surface area (Å²) in [6.45, 7) is 0. The molecule has 2 heterocycles. The molecular formula is C46H31N3. The summed E-state index contributed by atoms with van der Waals surface area (Å²) in [7, 11) is 0. The maximum Gasteiger partial charge on any atom is 0.0788 e. The SMILES string of the molecule is c1ccc(-n2c3ccccc3c3ccc4ccn(-c5ccc(N(c6ccc7ccccc7c6)c6cccc7ccccc67)cc5)c4c32)cc1. The summed E-state index contributed by atoms with van der Waals surface area (Å²) in [6, 6.07) is 65.7. The number of hydrogen-bond donors (Lipinski definition) is 0. The molecule has 49 heavy (non-hydrogen) atoms. The molecule has 0 N–H and O–H groups in total. The molecule has 3 heteroatoms. The highest BCUT2D eigenvalue weighted by Crippen LogP contribution is 2.41. The van der Waals surface area contributed by atoms with Gasteiger partial charge < -0.3 is 14.0 Å². The molecule has 3 nitrogen and oxygen atoms in total. The van der Waals surface area contributed by atoms with Crippen molar-refractivity contribution in [3.63, 3.8) is 0 Å². The summed E-state index contributed by atoms with van der Waals surface area (Å²) >= 11 is 0. The summed E-state index contributed by atoms with van der Waals surface area (Å²) in [5.41, 5.74) is 9.29. The molecule has 0 aliphatic heterocycles. The number of anilines is 3. The van der Waals surface area contributed by atoms with Gasteiger partial charge in [-0.15, -0.1) is 0 Å². The molecule has 0 aliphatic carbocycles. The Hall–Kier alpha value is -6.58. The largest absolute Gasteiger partial charge is 0.315 e. The molecule has 0 saturated carbocycles. The number of fused-ring (bicyclic) bond motifs is 7. The van der Waals surface area contributed by atoms with Crippen LogP contribution >= 0.6 is 0 Å². The van der Waals surface area contributed by atoms with Crippen LogP contribution in [0, 0.1) is 0 Å². The van der Waals surface area contributed by atoms with Gasteiger partial charge in [0, 0.05) is 50.5 Å². The van der Waals surface area contributed by atoms with Gasteiger partial charge in [-0.25, -0.2) is 0 Å². The zero-order chi connectivity index (χ0) is 32.3. The molecule has 0 unspecified atom stereocenters. The van der Waals surface area contributed by atoms with E-state index in [1.165, 1.54) is 54.3 Å². The fourth-order valence-corrected chi connectivity index (χ4v) is 7.64. The van der Waals surface area contributed by atoms with Gasteiger partial charge in [-0.2, -0.15) is 0 Å². The lowest BCUT2D eigenvalue weighted by Gasteiger charge is -2.27. The van der Waals surface area contributed by atoms with E-state index in [9.17, 15) is 0 Å². The average Bonchev–Trinajstić information content (AvgIpc) is 3.75. The fourth-order valence-electron chi connectivity index (χ4n) is 7.64. The maximum atomic E-state index is 2.42. The van der Waals surface area contributed by atoms with E-state index < -0.39 is 0 Å². The Morgan fingerprint density at radius 3 is 1.90 bits per heavy atom. The first-order chi connectivity index (χ1) is 24.3. The molecule has 0 saturated heterocycles. The van der Waals surface area contributed by atoms with E-state index in [0.29, 0.717) is 0 Å². The van der Waals surface area contributed by atoms with Crippen LogP contribution in [0.5, 0.6) is 0 Å². The van der Waals surface area contributed by atoms with Crippen LogP contribution in [0.4, 0.5) is 17.1 Å². The summed E-state index contributed by atoms with van der Waals surface area (Å²) in [5, 5.41) is 8.62. The van der Waals surface area contributed by atoms with Gasteiger partial charge in [-0.3, -0.25) is 0 Å². The van der Waals surface area contributed by atoms with Crippen LogP contribution in [-0.2, 0) is 0 Å². The third-order valence-corrected chi connectivity index (χ3v) is 9.88. The van der Waals surface area contributed by atoms with E-state index in [1.807, 2.05) is 0 Å². The highest BCUT2D eigenvalue weighted by Gasteiger charge is 2.19. The fraction of sp³-hybridized carbons (Fsp3) is 0. The first-order valence-electron chi connectivity index (χ1n) is 16.8. The summed E-state index contributed by atoms with van der Waals surface area (Å²) < 4.78 is 4.76. The van der Waals surface area contributed by atoms with Crippen molar-refractivity contribution in [2.24, 2.45) is 0 Å². The van der Waals surface area contributed by atoms with Crippen molar-refractivity contribution in [3.05, 3.63) is 188 Å². The van der Waals surface area contributed by atoms with Gasteiger partial charge in [-0.05, 0) is 82.9 Å². The number of para-hydroxylation sites is 2. The van der Waals surface area contributed by atoms with Crippen molar-refractivity contribution in [3.8, 4) is 11.4 Å². The van der Waals surface area contributed by atoms with Crippen molar-refractivity contribution < 1.29 is 0 Å². The minimum atomic E-state index is 1.11. The van der Waals surface area contributed by atoms with Gasteiger partial charge in [0.2, 0.25) is 0 Å². The number of aromatic nitrogens is 2. The monoisotopic (exact) mass is 625 g/mol. The molecule has 8 aromatic carbocycles. The predicted molar refractivity (Wildman–Crippen MR) is 207 cm³/mol. The Kier molecular flexibility index (Phi) is 6.18. The molecule has 230 valence electrons. The van der Waals surface area contributed by atoms with Crippen molar-refractivity contribution >= 4 is 71.3 Å². The van der Waals surface area contributed by atoms with Crippen molar-refractivity contribution in [2.75, 3.05) is 4.90 Å². The lowest BCUT2D eigenvalue weighted by molar-refractivity contribution is 1.11. The van der Waals surface area contributed by atoms with E-state index in [0.717, 1.165) is 28.4 Å². The predicted octanol–water partition coefficient (Wildman–Crippen LogP) is 12.5. The summed E-state index contributed by atoms with van der Waals surface area (Å²) in [6.07, 6.45) is 2.21. The van der Waals surface area contributed by atoms with E-state index in [4.69, 9.17) is 0 Å². The van der Waals surface area contributed by atoms with Crippen LogP contribution < -0.4 is 4.90 Å². The van der Waals surface area contributed by atoms with Crippen LogP contribution in [0.25, 0.3) is 65.6 Å². The van der Waals surface area contributed by atoms with E-state index in [-0.39, 0.29) is 0 Å². The van der Waals surface area contributed by atoms with E-state index in [2.05, 4.69) is 202 Å². The zero-order valence-corrected chi connectivity index (χ0v) is 26.7. The third-order valence-electron chi connectivity index (χ3n) is 9.88. The minimum Gasteiger partial charge on any atom is -0.315 e. The van der Waals surface area contributed by atoms with Gasteiger partial charge in [0.05, 0.1) is 22.2 Å².